The Kier molecular flexibility index (Phi) is 2.75. The minimum Gasteiger partial charge on any atom is -0.497 e. The number of hydrogen-bond acceptors (Lipinski definition) is 5. The molecule has 0 aliphatic heterocycles. The van der Waals surface area contributed by atoms with Gasteiger partial charge in [-0.15, -0.1) is 0 Å². The summed E-state index contributed by atoms with van der Waals surface area (Å²) in [6.07, 6.45) is 3.13. The summed E-state index contributed by atoms with van der Waals surface area (Å²) in [6.45, 7) is 0.644. The molecule has 96 valence electrons. The predicted molar refractivity (Wildman–Crippen MR) is 71.8 cm³/mol. The third-order valence-electron chi connectivity index (χ3n) is 2.92. The van der Waals surface area contributed by atoms with Crippen LogP contribution in [0, 0.1) is 0 Å². The molecule has 0 aliphatic carbocycles. The van der Waals surface area contributed by atoms with Crippen LogP contribution in [-0.2, 0) is 6.54 Å². The van der Waals surface area contributed by atoms with Crippen LogP contribution in [0.1, 0.15) is 5.56 Å². The summed E-state index contributed by atoms with van der Waals surface area (Å²) in [4.78, 5) is 12.3. The van der Waals surface area contributed by atoms with E-state index in [1.54, 1.807) is 13.4 Å². The Balaban J connectivity index is 2.01. The fraction of sp³-hybridized carbons (Fsp3) is 0.154. The van der Waals surface area contributed by atoms with Gasteiger partial charge >= 0.3 is 0 Å². The molecule has 0 saturated heterocycles. The first-order valence-electron chi connectivity index (χ1n) is 5.82. The van der Waals surface area contributed by atoms with E-state index >= 15 is 0 Å². The minimum atomic E-state index is 0.436. The SMILES string of the molecule is COc1cccc(Cn2cnc3ncnc(N)c32)c1. The number of nitrogens with zero attached hydrogens (tertiary/aromatic N) is 4. The van der Waals surface area contributed by atoms with E-state index in [1.807, 2.05) is 28.8 Å². The van der Waals surface area contributed by atoms with Crippen molar-refractivity contribution in [3.8, 4) is 5.75 Å². The van der Waals surface area contributed by atoms with Gasteiger partial charge in [-0.25, -0.2) is 15.0 Å². The number of ether oxygens (including phenoxy) is 1. The number of fused-ring (bicyclic) bond motifs is 1. The van der Waals surface area contributed by atoms with Crippen molar-refractivity contribution in [3.63, 3.8) is 0 Å². The second-order valence-corrected chi connectivity index (χ2v) is 4.16. The summed E-state index contributed by atoms with van der Waals surface area (Å²) in [6, 6.07) is 7.86. The molecule has 2 heterocycles. The molecule has 19 heavy (non-hydrogen) atoms. The molecule has 0 amide bonds. The van der Waals surface area contributed by atoms with Crippen LogP contribution in [0.4, 0.5) is 5.82 Å². The molecule has 0 aliphatic rings. The van der Waals surface area contributed by atoms with Crippen molar-refractivity contribution in [2.75, 3.05) is 12.8 Å². The summed E-state index contributed by atoms with van der Waals surface area (Å²) >= 11 is 0. The summed E-state index contributed by atoms with van der Waals surface area (Å²) in [5, 5.41) is 0. The molecule has 6 nitrogen and oxygen atoms in total. The van der Waals surface area contributed by atoms with Crippen LogP contribution in [0.15, 0.2) is 36.9 Å². The molecule has 0 unspecified atom stereocenters. The highest BCUT2D eigenvalue weighted by molar-refractivity contribution is 5.81. The van der Waals surface area contributed by atoms with Crippen LogP contribution in [-0.4, -0.2) is 26.6 Å². The van der Waals surface area contributed by atoms with E-state index in [1.165, 1.54) is 6.33 Å². The molecular formula is C13H13N5O. The number of nitrogens with two attached hydrogens (primary N) is 1. The average Bonchev–Trinajstić information content (AvgIpc) is 2.84. The number of methoxy groups -OCH3 is 1. The van der Waals surface area contributed by atoms with Gasteiger partial charge in [0.05, 0.1) is 13.4 Å². The van der Waals surface area contributed by atoms with Crippen molar-refractivity contribution < 1.29 is 4.74 Å². The van der Waals surface area contributed by atoms with Crippen LogP contribution in [0.3, 0.4) is 0 Å². The van der Waals surface area contributed by atoms with Crippen molar-refractivity contribution in [2.24, 2.45) is 0 Å². The smallest absolute Gasteiger partial charge is 0.182 e. The highest BCUT2D eigenvalue weighted by Crippen LogP contribution is 2.18. The Labute approximate surface area is 109 Å². The Bertz CT molecular complexity index is 722. The van der Waals surface area contributed by atoms with Gasteiger partial charge in [-0.05, 0) is 17.7 Å². The fourth-order valence-corrected chi connectivity index (χ4v) is 2.02. The van der Waals surface area contributed by atoms with Crippen LogP contribution < -0.4 is 10.5 Å². The molecule has 0 bridgehead atoms. The third-order valence-corrected chi connectivity index (χ3v) is 2.92. The van der Waals surface area contributed by atoms with Crippen molar-refractivity contribution in [3.05, 3.63) is 42.5 Å². The van der Waals surface area contributed by atoms with Crippen molar-refractivity contribution in [1.82, 2.24) is 19.5 Å². The minimum absolute atomic E-state index is 0.436. The second kappa shape index (κ2) is 4.56. The number of anilines is 1. The van der Waals surface area contributed by atoms with E-state index < -0.39 is 0 Å². The summed E-state index contributed by atoms with van der Waals surface area (Å²) < 4.78 is 7.14. The molecule has 2 aromatic heterocycles. The molecule has 3 aromatic rings. The zero-order valence-electron chi connectivity index (χ0n) is 10.4. The standard InChI is InChI=1S/C13H13N5O/c1-19-10-4-2-3-9(5-10)6-18-8-17-13-11(18)12(14)15-7-16-13/h2-5,7-8H,6H2,1H3,(H2,14,15,16). The molecule has 3 rings (SSSR count). The first kappa shape index (κ1) is 11.5. The number of rotatable bonds is 3. The van der Waals surface area contributed by atoms with Crippen LogP contribution in [0.2, 0.25) is 0 Å². The van der Waals surface area contributed by atoms with Gasteiger partial charge in [-0.1, -0.05) is 12.1 Å². The van der Waals surface area contributed by atoms with Gasteiger partial charge in [0.2, 0.25) is 0 Å². The predicted octanol–water partition coefficient (Wildman–Crippen LogP) is 1.47. The van der Waals surface area contributed by atoms with E-state index in [4.69, 9.17) is 10.5 Å². The summed E-state index contributed by atoms with van der Waals surface area (Å²) in [7, 11) is 1.65. The number of hydrogen-bond donors (Lipinski definition) is 1. The second-order valence-electron chi connectivity index (χ2n) is 4.16. The van der Waals surface area contributed by atoms with Crippen molar-refractivity contribution in [1.29, 1.82) is 0 Å². The third kappa shape index (κ3) is 2.08. The Morgan fingerprint density at radius 3 is 3.00 bits per heavy atom. The lowest BCUT2D eigenvalue weighted by Gasteiger charge is -2.07. The Hall–Kier alpha value is -2.63. The number of benzene rings is 1. The van der Waals surface area contributed by atoms with Crippen molar-refractivity contribution in [2.45, 2.75) is 6.54 Å². The molecule has 0 fully saturated rings. The van der Waals surface area contributed by atoms with Gasteiger partial charge in [0.25, 0.3) is 0 Å². The van der Waals surface area contributed by atoms with Gasteiger partial charge < -0.3 is 15.0 Å². The van der Waals surface area contributed by atoms with Crippen LogP contribution >= 0.6 is 0 Å². The monoisotopic (exact) mass is 255 g/mol. The zero-order valence-corrected chi connectivity index (χ0v) is 10.4. The fourth-order valence-electron chi connectivity index (χ4n) is 2.02. The van der Waals surface area contributed by atoms with Gasteiger partial charge in [0.1, 0.15) is 17.6 Å². The van der Waals surface area contributed by atoms with Gasteiger partial charge in [0.15, 0.2) is 11.5 Å². The van der Waals surface area contributed by atoms with Gasteiger partial charge in [-0.3, -0.25) is 0 Å². The maximum Gasteiger partial charge on any atom is 0.182 e. The quantitative estimate of drug-likeness (QED) is 0.766. The molecule has 1 aromatic carbocycles. The molecule has 0 saturated carbocycles. The molecule has 0 radical (unpaired) electrons. The van der Waals surface area contributed by atoms with E-state index in [0.29, 0.717) is 18.0 Å². The first-order chi connectivity index (χ1) is 9.28. The molecular weight excluding hydrogens is 242 g/mol. The number of nitrogen functional groups attached to an aromatic ring is 1. The Morgan fingerprint density at radius 2 is 2.16 bits per heavy atom. The number of imidazole rings is 1. The lowest BCUT2D eigenvalue weighted by molar-refractivity contribution is 0.414. The topological polar surface area (TPSA) is 78.8 Å². The zero-order chi connectivity index (χ0) is 13.2. The van der Waals surface area contributed by atoms with E-state index in [2.05, 4.69) is 15.0 Å². The lowest BCUT2D eigenvalue weighted by atomic mass is 10.2. The van der Waals surface area contributed by atoms with E-state index in [9.17, 15) is 0 Å². The lowest BCUT2D eigenvalue weighted by Crippen LogP contribution is -2.02. The molecule has 2 N–H and O–H groups in total. The van der Waals surface area contributed by atoms with E-state index in [0.717, 1.165) is 16.8 Å². The maximum absolute atomic E-state index is 5.87. The molecule has 6 heteroatoms. The summed E-state index contributed by atoms with van der Waals surface area (Å²) in [5.74, 6) is 1.26. The molecule has 0 atom stereocenters. The first-order valence-corrected chi connectivity index (χ1v) is 5.82. The highest BCUT2D eigenvalue weighted by atomic mass is 16.5. The normalized spacial score (nSPS) is 10.8. The highest BCUT2D eigenvalue weighted by Gasteiger charge is 2.08. The van der Waals surface area contributed by atoms with E-state index in [-0.39, 0.29) is 0 Å². The number of aromatic nitrogens is 4. The largest absolute Gasteiger partial charge is 0.497 e. The maximum atomic E-state index is 5.87. The van der Waals surface area contributed by atoms with Gasteiger partial charge in [-0.2, -0.15) is 0 Å². The van der Waals surface area contributed by atoms with Gasteiger partial charge in [0, 0.05) is 6.54 Å². The van der Waals surface area contributed by atoms with Crippen LogP contribution in [0.5, 0.6) is 5.75 Å². The molecule has 0 spiro atoms. The average molecular weight is 255 g/mol. The Morgan fingerprint density at radius 1 is 1.26 bits per heavy atom. The summed E-state index contributed by atoms with van der Waals surface area (Å²) in [5.41, 5.74) is 8.34. The van der Waals surface area contributed by atoms with Crippen LogP contribution in [0.25, 0.3) is 11.2 Å². The van der Waals surface area contributed by atoms with Crippen molar-refractivity contribution >= 4 is 17.0 Å².